The number of nitrogens with zero attached hydrogens (tertiary/aromatic N) is 5. The molecule has 12 heteroatoms. The number of hydrogen-bond donors (Lipinski definition) is 1. The van der Waals surface area contributed by atoms with Crippen LogP contribution in [0, 0.1) is 6.92 Å². The Hall–Kier alpha value is -5.78. The van der Waals surface area contributed by atoms with Crippen molar-refractivity contribution in [2.45, 2.75) is 19.1 Å². The van der Waals surface area contributed by atoms with Crippen LogP contribution < -0.4 is 24.4 Å². The minimum absolute atomic E-state index is 0.212. The maximum atomic E-state index is 13.7. The molecule has 0 bridgehead atoms. The summed E-state index contributed by atoms with van der Waals surface area (Å²) in [6, 6.07) is 25.4. The molecule has 0 radical (unpaired) electrons. The summed E-state index contributed by atoms with van der Waals surface area (Å²) < 4.78 is 59.9. The summed E-state index contributed by atoms with van der Waals surface area (Å²) in [5.41, 5.74) is 3.91. The average molecular weight is 639 g/mol. The molecule has 0 aliphatic carbocycles. The number of hydrogen-bond acceptors (Lipinski definition) is 8. The minimum atomic E-state index is -4.51. The molecule has 9 nitrogen and oxygen atoms in total. The normalized spacial score (nSPS) is 15.1. The van der Waals surface area contributed by atoms with E-state index >= 15 is 0 Å². The third-order valence-corrected chi connectivity index (χ3v) is 8.09. The van der Waals surface area contributed by atoms with E-state index in [1.54, 1.807) is 32.1 Å². The van der Waals surface area contributed by atoms with Crippen LogP contribution in [-0.4, -0.2) is 42.8 Å². The van der Waals surface area contributed by atoms with Gasteiger partial charge in [-0.1, -0.05) is 36.4 Å². The molecular formula is C35H29F3N6O3. The SMILES string of the molecule is COc1cc([C@H]2c3c(C)nn(-c4ccccc4)c3N=C3C(Nc4cccc(C(F)(F)F)c4)=Nc4ccccc4N32)cc(OC)c1OC. The van der Waals surface area contributed by atoms with Gasteiger partial charge in [0.1, 0.15) is 0 Å². The number of para-hydroxylation sites is 3. The van der Waals surface area contributed by atoms with Gasteiger partial charge in [-0.2, -0.15) is 18.3 Å². The van der Waals surface area contributed by atoms with E-state index in [2.05, 4.69) is 5.32 Å². The van der Waals surface area contributed by atoms with Gasteiger partial charge >= 0.3 is 6.18 Å². The van der Waals surface area contributed by atoms with Crippen LogP contribution in [0.3, 0.4) is 0 Å². The molecule has 0 amide bonds. The van der Waals surface area contributed by atoms with Crippen LogP contribution in [0.1, 0.15) is 28.4 Å². The van der Waals surface area contributed by atoms with Crippen molar-refractivity contribution in [1.29, 1.82) is 0 Å². The molecule has 7 rings (SSSR count). The monoisotopic (exact) mass is 638 g/mol. The van der Waals surface area contributed by atoms with Crippen LogP contribution in [0.4, 0.5) is 36.1 Å². The molecule has 0 unspecified atom stereocenters. The van der Waals surface area contributed by atoms with Gasteiger partial charge in [-0.15, -0.1) is 0 Å². The number of halogens is 3. The van der Waals surface area contributed by atoms with E-state index in [0.717, 1.165) is 40.3 Å². The van der Waals surface area contributed by atoms with Gasteiger partial charge in [0, 0.05) is 11.3 Å². The van der Waals surface area contributed by atoms with E-state index in [1.807, 2.05) is 78.6 Å². The van der Waals surface area contributed by atoms with Crippen molar-refractivity contribution in [2.75, 3.05) is 31.5 Å². The molecule has 2 aliphatic rings. The number of aryl methyl sites for hydroxylation is 1. The lowest BCUT2D eigenvalue weighted by Gasteiger charge is -2.40. The first kappa shape index (κ1) is 29.9. The molecule has 0 saturated heterocycles. The zero-order valence-corrected chi connectivity index (χ0v) is 25.8. The van der Waals surface area contributed by atoms with Crippen LogP contribution in [0.15, 0.2) is 101 Å². The van der Waals surface area contributed by atoms with E-state index in [-0.39, 0.29) is 11.5 Å². The van der Waals surface area contributed by atoms with Gasteiger partial charge in [0.15, 0.2) is 29.0 Å². The number of nitrogens with one attached hydrogen (secondary N) is 1. The zero-order valence-electron chi connectivity index (χ0n) is 25.8. The highest BCUT2D eigenvalue weighted by molar-refractivity contribution is 6.51. The molecule has 47 heavy (non-hydrogen) atoms. The largest absolute Gasteiger partial charge is 0.493 e. The number of fused-ring (bicyclic) bond motifs is 4. The van der Waals surface area contributed by atoms with E-state index < -0.39 is 17.8 Å². The Balaban J connectivity index is 1.50. The summed E-state index contributed by atoms with van der Waals surface area (Å²) in [5, 5.41) is 8.07. The number of amidine groups is 2. The molecule has 3 heterocycles. The van der Waals surface area contributed by atoms with Crippen molar-refractivity contribution in [3.63, 3.8) is 0 Å². The topological polar surface area (TPSA) is 85.5 Å². The van der Waals surface area contributed by atoms with Gasteiger partial charge < -0.3 is 24.4 Å². The summed E-state index contributed by atoms with van der Waals surface area (Å²) in [6.07, 6.45) is -4.51. The summed E-state index contributed by atoms with van der Waals surface area (Å²) in [6.45, 7) is 1.93. The quantitative estimate of drug-likeness (QED) is 0.203. The highest BCUT2D eigenvalue weighted by atomic mass is 19.4. The number of ether oxygens (including phenoxy) is 3. The molecule has 0 saturated carbocycles. The van der Waals surface area contributed by atoms with Crippen molar-refractivity contribution >= 4 is 34.6 Å². The number of alkyl halides is 3. The van der Waals surface area contributed by atoms with Crippen molar-refractivity contribution < 1.29 is 27.4 Å². The lowest BCUT2D eigenvalue weighted by Crippen LogP contribution is -2.46. The van der Waals surface area contributed by atoms with Crippen molar-refractivity contribution in [1.82, 2.24) is 9.78 Å². The fraction of sp³-hybridized carbons (Fsp3) is 0.171. The highest BCUT2D eigenvalue weighted by Gasteiger charge is 2.42. The van der Waals surface area contributed by atoms with Crippen molar-refractivity contribution in [3.05, 3.63) is 113 Å². The van der Waals surface area contributed by atoms with Crippen LogP contribution in [-0.2, 0) is 6.18 Å². The Morgan fingerprint density at radius 3 is 2.17 bits per heavy atom. The smallest absolute Gasteiger partial charge is 0.416 e. The lowest BCUT2D eigenvalue weighted by atomic mass is 9.92. The average Bonchev–Trinajstić information content (AvgIpc) is 3.42. The maximum Gasteiger partial charge on any atom is 0.416 e. The van der Waals surface area contributed by atoms with E-state index in [0.29, 0.717) is 34.6 Å². The van der Waals surface area contributed by atoms with Crippen LogP contribution in [0.25, 0.3) is 5.69 Å². The fourth-order valence-electron chi connectivity index (χ4n) is 6.03. The molecule has 2 aliphatic heterocycles. The molecular weight excluding hydrogens is 609 g/mol. The van der Waals surface area contributed by atoms with Gasteiger partial charge in [-0.3, -0.25) is 0 Å². The van der Waals surface area contributed by atoms with Crippen LogP contribution in [0.2, 0.25) is 0 Å². The molecule has 1 N–H and O–H groups in total. The number of benzene rings is 4. The van der Waals surface area contributed by atoms with Gasteiger partial charge in [-0.25, -0.2) is 14.7 Å². The summed E-state index contributed by atoms with van der Waals surface area (Å²) >= 11 is 0. The Labute approximate surface area is 268 Å². The van der Waals surface area contributed by atoms with E-state index in [4.69, 9.17) is 29.3 Å². The first-order valence-corrected chi connectivity index (χ1v) is 14.7. The fourth-order valence-corrected chi connectivity index (χ4v) is 6.03. The summed E-state index contributed by atoms with van der Waals surface area (Å²) in [7, 11) is 4.65. The second-order valence-electron chi connectivity index (χ2n) is 10.9. The molecule has 5 aromatic rings. The zero-order chi connectivity index (χ0) is 32.9. The van der Waals surface area contributed by atoms with Crippen molar-refractivity contribution in [3.8, 4) is 22.9 Å². The number of rotatable bonds is 6. The standard InChI is InChI=1S/C35H29F3N6O3/c1-20-29-30(21-17-27(45-2)31(47-4)28(18-21)46-3)43-26-16-9-8-15-25(26)40-32(39-23-12-10-11-22(19-23)35(36,37)38)34(43)41-33(29)44(42-20)24-13-6-5-7-14-24/h5-19,30H,1-4H3,(H,39,40)/t30-/m0/s1. The lowest BCUT2D eigenvalue weighted by molar-refractivity contribution is -0.137. The van der Waals surface area contributed by atoms with Gasteiger partial charge in [0.2, 0.25) is 5.75 Å². The number of aliphatic imine (C=N–C) groups is 2. The van der Waals surface area contributed by atoms with Crippen LogP contribution >= 0.6 is 0 Å². The van der Waals surface area contributed by atoms with E-state index in [1.165, 1.54) is 6.07 Å². The number of methoxy groups -OCH3 is 3. The first-order chi connectivity index (χ1) is 22.7. The molecule has 0 spiro atoms. The first-order valence-electron chi connectivity index (χ1n) is 14.7. The summed E-state index contributed by atoms with van der Waals surface area (Å²) in [4.78, 5) is 12.0. The van der Waals surface area contributed by atoms with E-state index in [9.17, 15) is 13.2 Å². The second kappa shape index (κ2) is 11.5. The molecule has 1 atom stereocenters. The Bertz CT molecular complexity index is 2030. The molecule has 4 aromatic carbocycles. The highest BCUT2D eigenvalue weighted by Crippen LogP contribution is 2.50. The Morgan fingerprint density at radius 2 is 1.49 bits per heavy atom. The maximum absolute atomic E-state index is 13.7. The molecule has 238 valence electrons. The van der Waals surface area contributed by atoms with Gasteiger partial charge in [0.05, 0.1) is 55.7 Å². The predicted octanol–water partition coefficient (Wildman–Crippen LogP) is 8.02. The third kappa shape index (κ3) is 5.11. The third-order valence-electron chi connectivity index (χ3n) is 8.09. The molecule has 0 fully saturated rings. The van der Waals surface area contributed by atoms with Gasteiger partial charge in [0.25, 0.3) is 0 Å². The van der Waals surface area contributed by atoms with Crippen LogP contribution in [0.5, 0.6) is 17.2 Å². The summed E-state index contributed by atoms with van der Waals surface area (Å²) in [5.74, 6) is 2.57. The number of anilines is 2. The Kier molecular flexibility index (Phi) is 7.34. The second-order valence-corrected chi connectivity index (χ2v) is 10.9. The predicted molar refractivity (Wildman–Crippen MR) is 174 cm³/mol. The number of aromatic nitrogens is 2. The molecule has 1 aromatic heterocycles. The Morgan fingerprint density at radius 1 is 0.787 bits per heavy atom. The van der Waals surface area contributed by atoms with Crippen molar-refractivity contribution in [2.24, 2.45) is 9.98 Å². The minimum Gasteiger partial charge on any atom is -0.493 e. The van der Waals surface area contributed by atoms with Gasteiger partial charge in [-0.05, 0) is 67.1 Å².